The van der Waals surface area contributed by atoms with Gasteiger partial charge in [0.1, 0.15) is 12.6 Å². The zero-order valence-electron chi connectivity index (χ0n) is 11.0. The van der Waals surface area contributed by atoms with Crippen molar-refractivity contribution in [1.29, 1.82) is 0 Å². The van der Waals surface area contributed by atoms with Gasteiger partial charge < -0.3 is 9.80 Å². The number of piperidine rings is 1. The summed E-state index contributed by atoms with van der Waals surface area (Å²) in [4.78, 5) is 28.2. The Labute approximate surface area is 115 Å². The third-order valence-electron chi connectivity index (χ3n) is 4.50. The van der Waals surface area contributed by atoms with Crippen LogP contribution in [0.25, 0.3) is 0 Å². The predicted molar refractivity (Wildman–Crippen MR) is 72.0 cm³/mol. The van der Waals surface area contributed by atoms with Gasteiger partial charge >= 0.3 is 0 Å². The Morgan fingerprint density at radius 3 is 2.47 bits per heavy atom. The molecule has 0 saturated carbocycles. The van der Waals surface area contributed by atoms with Crippen LogP contribution in [0.5, 0.6) is 0 Å². The highest BCUT2D eigenvalue weighted by Gasteiger charge is 2.43. The molecule has 0 spiro atoms. The van der Waals surface area contributed by atoms with E-state index in [9.17, 15) is 13.8 Å². The van der Waals surface area contributed by atoms with E-state index in [0.717, 1.165) is 38.6 Å². The van der Waals surface area contributed by atoms with E-state index in [0.29, 0.717) is 11.5 Å². The minimum absolute atomic E-state index is 0.0935. The first-order valence-corrected chi connectivity index (χ1v) is 8.60. The molecule has 6 heteroatoms. The van der Waals surface area contributed by atoms with Crippen LogP contribution in [0.2, 0.25) is 0 Å². The van der Waals surface area contributed by atoms with E-state index in [1.165, 1.54) is 0 Å². The Morgan fingerprint density at radius 2 is 1.74 bits per heavy atom. The van der Waals surface area contributed by atoms with Crippen molar-refractivity contribution in [3.05, 3.63) is 0 Å². The van der Waals surface area contributed by atoms with Crippen molar-refractivity contribution in [2.24, 2.45) is 0 Å². The quantitative estimate of drug-likeness (QED) is 0.687. The summed E-state index contributed by atoms with van der Waals surface area (Å²) in [6.07, 6.45) is 4.40. The van der Waals surface area contributed by atoms with Gasteiger partial charge in [0.15, 0.2) is 0 Å². The first-order valence-electron chi connectivity index (χ1n) is 7.12. The van der Waals surface area contributed by atoms with E-state index >= 15 is 0 Å². The van der Waals surface area contributed by atoms with Crippen molar-refractivity contribution in [1.82, 2.24) is 9.80 Å². The molecule has 2 amide bonds. The number of carbonyl (C=O) groups is 2. The van der Waals surface area contributed by atoms with Crippen LogP contribution in [0, 0.1) is 0 Å². The van der Waals surface area contributed by atoms with E-state index < -0.39 is 10.8 Å². The minimum Gasteiger partial charge on any atom is -0.329 e. The van der Waals surface area contributed by atoms with Crippen LogP contribution in [0.3, 0.4) is 0 Å². The minimum atomic E-state index is -0.727. The molecule has 0 radical (unpaired) electrons. The highest BCUT2D eigenvalue weighted by Crippen LogP contribution is 2.27. The van der Waals surface area contributed by atoms with Gasteiger partial charge in [0.25, 0.3) is 0 Å². The summed E-state index contributed by atoms with van der Waals surface area (Å²) < 4.78 is 11.4. The standard InChI is InChI=1S/C13H20N2O3S/c16-12-9-15(10-4-7-19(18)8-5-10)13(17)11-3-1-2-6-14(11)12/h10-11H,1-9H2. The van der Waals surface area contributed by atoms with Crippen LogP contribution in [0.15, 0.2) is 0 Å². The monoisotopic (exact) mass is 284 g/mol. The Morgan fingerprint density at radius 1 is 1.00 bits per heavy atom. The van der Waals surface area contributed by atoms with Crippen molar-refractivity contribution in [2.75, 3.05) is 24.6 Å². The van der Waals surface area contributed by atoms with Crippen molar-refractivity contribution < 1.29 is 13.8 Å². The zero-order valence-corrected chi connectivity index (χ0v) is 11.9. The van der Waals surface area contributed by atoms with Gasteiger partial charge in [-0.05, 0) is 32.1 Å². The molecule has 0 N–H and O–H groups in total. The first kappa shape index (κ1) is 13.1. The van der Waals surface area contributed by atoms with Gasteiger partial charge in [-0.25, -0.2) is 0 Å². The number of hydrogen-bond donors (Lipinski definition) is 0. The molecule has 1 unspecified atom stereocenters. The zero-order chi connectivity index (χ0) is 13.4. The summed E-state index contributed by atoms with van der Waals surface area (Å²) >= 11 is 0. The molecule has 3 fully saturated rings. The lowest BCUT2D eigenvalue weighted by Gasteiger charge is -2.46. The fraction of sp³-hybridized carbons (Fsp3) is 0.846. The van der Waals surface area contributed by atoms with Crippen LogP contribution in [0.1, 0.15) is 32.1 Å². The predicted octanol–water partition coefficient (Wildman–Crippen LogP) is 0.121. The number of fused-ring (bicyclic) bond motifs is 1. The highest BCUT2D eigenvalue weighted by molar-refractivity contribution is 7.85. The average molecular weight is 284 g/mol. The molecular weight excluding hydrogens is 264 g/mol. The maximum atomic E-state index is 12.5. The van der Waals surface area contributed by atoms with Gasteiger partial charge in [0.05, 0.1) is 0 Å². The molecule has 1 atom stereocenters. The molecule has 106 valence electrons. The summed E-state index contributed by atoms with van der Waals surface area (Å²) in [5, 5.41) is 0. The lowest BCUT2D eigenvalue weighted by atomic mass is 9.96. The van der Waals surface area contributed by atoms with E-state index in [-0.39, 0.29) is 30.4 Å². The number of carbonyl (C=O) groups excluding carboxylic acids is 2. The molecule has 3 rings (SSSR count). The largest absolute Gasteiger partial charge is 0.329 e. The molecule has 19 heavy (non-hydrogen) atoms. The molecule has 5 nitrogen and oxygen atoms in total. The van der Waals surface area contributed by atoms with Gasteiger partial charge in [-0.2, -0.15) is 0 Å². The molecular formula is C13H20N2O3S. The Balaban J connectivity index is 1.74. The maximum absolute atomic E-state index is 12.5. The smallest absolute Gasteiger partial charge is 0.246 e. The van der Waals surface area contributed by atoms with Crippen molar-refractivity contribution in [3.8, 4) is 0 Å². The fourth-order valence-electron chi connectivity index (χ4n) is 3.39. The first-order chi connectivity index (χ1) is 9.16. The lowest BCUT2D eigenvalue weighted by Crippen LogP contribution is -2.63. The van der Waals surface area contributed by atoms with Gasteiger partial charge in [-0.15, -0.1) is 0 Å². The van der Waals surface area contributed by atoms with Crippen LogP contribution in [0.4, 0.5) is 0 Å². The van der Waals surface area contributed by atoms with E-state index in [4.69, 9.17) is 0 Å². The fourth-order valence-corrected chi connectivity index (χ4v) is 4.67. The average Bonchev–Trinajstić information content (AvgIpc) is 2.44. The lowest BCUT2D eigenvalue weighted by molar-refractivity contribution is -0.160. The normalized spacial score (nSPS) is 36.3. The van der Waals surface area contributed by atoms with Crippen molar-refractivity contribution in [2.45, 2.75) is 44.2 Å². The van der Waals surface area contributed by atoms with Crippen LogP contribution < -0.4 is 0 Å². The summed E-state index contributed by atoms with van der Waals surface area (Å²) in [5.74, 6) is 1.54. The van der Waals surface area contributed by atoms with Gasteiger partial charge in [0, 0.05) is 34.9 Å². The number of hydrogen-bond acceptors (Lipinski definition) is 3. The van der Waals surface area contributed by atoms with Crippen molar-refractivity contribution in [3.63, 3.8) is 0 Å². The summed E-state index contributed by atoms with van der Waals surface area (Å²) in [7, 11) is -0.727. The number of piperazine rings is 1. The van der Waals surface area contributed by atoms with E-state index in [1.807, 2.05) is 0 Å². The summed E-state index contributed by atoms with van der Waals surface area (Å²) in [5.41, 5.74) is 0. The molecule has 0 aromatic carbocycles. The summed E-state index contributed by atoms with van der Waals surface area (Å²) in [6, 6.07) is -0.0966. The molecule has 3 aliphatic rings. The van der Waals surface area contributed by atoms with E-state index in [2.05, 4.69) is 0 Å². The molecule has 3 heterocycles. The Hall–Kier alpha value is -0.910. The molecule has 0 bridgehead atoms. The number of rotatable bonds is 1. The van der Waals surface area contributed by atoms with Gasteiger partial charge in [-0.3, -0.25) is 13.8 Å². The molecule has 3 saturated heterocycles. The Kier molecular flexibility index (Phi) is 3.60. The number of amides is 2. The maximum Gasteiger partial charge on any atom is 0.246 e. The second-order valence-electron chi connectivity index (χ2n) is 5.64. The van der Waals surface area contributed by atoms with Crippen molar-refractivity contribution >= 4 is 22.6 Å². The highest BCUT2D eigenvalue weighted by atomic mass is 32.2. The second kappa shape index (κ2) is 5.23. The third kappa shape index (κ3) is 2.42. The molecule has 0 aromatic heterocycles. The Bertz CT molecular complexity index is 416. The second-order valence-corrected chi connectivity index (χ2v) is 7.34. The van der Waals surface area contributed by atoms with Crippen LogP contribution >= 0.6 is 0 Å². The topological polar surface area (TPSA) is 57.7 Å². The van der Waals surface area contributed by atoms with Gasteiger partial charge in [0.2, 0.25) is 11.8 Å². The number of nitrogens with zero attached hydrogens (tertiary/aromatic N) is 2. The third-order valence-corrected chi connectivity index (χ3v) is 5.88. The van der Waals surface area contributed by atoms with E-state index in [1.54, 1.807) is 9.80 Å². The van der Waals surface area contributed by atoms with Gasteiger partial charge in [-0.1, -0.05) is 0 Å². The van der Waals surface area contributed by atoms with Crippen LogP contribution in [-0.2, 0) is 20.4 Å². The van der Waals surface area contributed by atoms with Crippen LogP contribution in [-0.4, -0.2) is 62.5 Å². The molecule has 0 aliphatic carbocycles. The summed E-state index contributed by atoms with van der Waals surface area (Å²) in [6.45, 7) is 0.963. The molecule has 0 aromatic rings. The SMILES string of the molecule is O=C1C2CCCCN2C(=O)CN1C1CCS(=O)CC1. The molecule has 3 aliphatic heterocycles.